The summed E-state index contributed by atoms with van der Waals surface area (Å²) in [5.74, 6) is -0.666. The maximum absolute atomic E-state index is 13.9. The minimum atomic E-state index is -0.464. The third-order valence-electron chi connectivity index (χ3n) is 3.64. The summed E-state index contributed by atoms with van der Waals surface area (Å²) in [5, 5.41) is 11.8. The fraction of sp³-hybridized carbons (Fsp3) is 0.188. The van der Waals surface area contributed by atoms with E-state index in [9.17, 15) is 8.78 Å². The molecule has 0 saturated carbocycles. The smallest absolute Gasteiger partial charge is 0.147 e. The van der Waals surface area contributed by atoms with Crippen molar-refractivity contribution in [3.05, 3.63) is 64.7 Å². The van der Waals surface area contributed by atoms with E-state index >= 15 is 0 Å². The summed E-state index contributed by atoms with van der Waals surface area (Å²) in [5.41, 5.74) is 2.21. The Morgan fingerprint density at radius 3 is 2.75 bits per heavy atom. The highest BCUT2D eigenvalue weighted by Crippen LogP contribution is 2.35. The highest BCUT2D eigenvalue weighted by atomic mass is 19.1. The predicted molar refractivity (Wildman–Crippen MR) is 72.2 cm³/mol. The van der Waals surface area contributed by atoms with Crippen LogP contribution in [0.4, 0.5) is 14.5 Å². The van der Waals surface area contributed by atoms with Crippen molar-refractivity contribution in [2.45, 2.75) is 18.9 Å². The second kappa shape index (κ2) is 4.93. The van der Waals surface area contributed by atoms with Crippen molar-refractivity contribution in [2.24, 2.45) is 0 Å². The molecule has 2 aromatic carbocycles. The number of anilines is 1. The molecule has 2 aromatic rings. The monoisotopic (exact) mass is 270 g/mol. The molecule has 0 radical (unpaired) electrons. The summed E-state index contributed by atoms with van der Waals surface area (Å²) in [6, 6.07) is 11.1. The molecule has 4 heteroatoms. The number of hydrogen-bond donors (Lipinski definition) is 1. The molecule has 0 spiro atoms. The van der Waals surface area contributed by atoms with Gasteiger partial charge in [-0.25, -0.2) is 8.78 Å². The topological polar surface area (TPSA) is 35.8 Å². The van der Waals surface area contributed by atoms with Crippen LogP contribution in [0.25, 0.3) is 0 Å². The van der Waals surface area contributed by atoms with Crippen molar-refractivity contribution in [3.8, 4) is 6.07 Å². The molecule has 0 aromatic heterocycles. The number of benzene rings is 2. The van der Waals surface area contributed by atoms with Gasteiger partial charge in [-0.2, -0.15) is 5.26 Å². The number of nitrogens with one attached hydrogen (secondary N) is 1. The van der Waals surface area contributed by atoms with Crippen LogP contribution in [-0.4, -0.2) is 0 Å². The Morgan fingerprint density at radius 1 is 1.15 bits per heavy atom. The third kappa shape index (κ3) is 2.12. The van der Waals surface area contributed by atoms with Crippen LogP contribution in [0.3, 0.4) is 0 Å². The molecule has 0 fully saturated rings. The second-order valence-electron chi connectivity index (χ2n) is 4.85. The Hall–Kier alpha value is -2.41. The van der Waals surface area contributed by atoms with Crippen LogP contribution < -0.4 is 5.32 Å². The first-order valence-corrected chi connectivity index (χ1v) is 6.42. The van der Waals surface area contributed by atoms with Gasteiger partial charge in [0.2, 0.25) is 0 Å². The van der Waals surface area contributed by atoms with Crippen molar-refractivity contribution in [3.63, 3.8) is 0 Å². The normalized spacial score (nSPS) is 16.6. The van der Waals surface area contributed by atoms with Gasteiger partial charge < -0.3 is 5.32 Å². The minimum absolute atomic E-state index is 0.0943. The highest BCUT2D eigenvalue weighted by Gasteiger charge is 2.25. The van der Waals surface area contributed by atoms with Crippen molar-refractivity contribution in [2.75, 3.05) is 5.32 Å². The SMILES string of the molecule is N#Cc1ccc(NC2CCc3c(F)cccc32)c(F)c1. The van der Waals surface area contributed by atoms with E-state index in [0.717, 1.165) is 12.0 Å². The Kier molecular flexibility index (Phi) is 3.11. The van der Waals surface area contributed by atoms with Crippen LogP contribution in [0.1, 0.15) is 29.2 Å². The molecule has 1 unspecified atom stereocenters. The highest BCUT2D eigenvalue weighted by molar-refractivity contribution is 5.52. The summed E-state index contributed by atoms with van der Waals surface area (Å²) in [7, 11) is 0. The standard InChI is InChI=1S/C16H12F2N2/c17-13-3-1-2-12-11(13)5-7-15(12)20-16-6-4-10(9-19)8-14(16)18/h1-4,6,8,15,20H,5,7H2. The largest absolute Gasteiger partial charge is 0.376 e. The first-order valence-electron chi connectivity index (χ1n) is 6.42. The maximum Gasteiger partial charge on any atom is 0.147 e. The minimum Gasteiger partial charge on any atom is -0.376 e. The predicted octanol–water partition coefficient (Wildman–Crippen LogP) is 3.94. The molecule has 1 N–H and O–H groups in total. The molecule has 0 saturated heterocycles. The van der Waals surface area contributed by atoms with Gasteiger partial charge in [0.1, 0.15) is 11.6 Å². The van der Waals surface area contributed by atoms with Gasteiger partial charge in [0, 0.05) is 0 Å². The van der Waals surface area contributed by atoms with Gasteiger partial charge in [-0.05, 0) is 48.2 Å². The zero-order valence-corrected chi connectivity index (χ0v) is 10.7. The molecule has 1 aliphatic rings. The molecule has 0 amide bonds. The number of nitriles is 1. The van der Waals surface area contributed by atoms with Crippen LogP contribution in [0.15, 0.2) is 36.4 Å². The molecule has 0 heterocycles. The van der Waals surface area contributed by atoms with Gasteiger partial charge in [0.15, 0.2) is 0 Å². The van der Waals surface area contributed by atoms with E-state index in [2.05, 4.69) is 5.32 Å². The molecular weight excluding hydrogens is 258 g/mol. The fourth-order valence-electron chi connectivity index (χ4n) is 2.65. The van der Waals surface area contributed by atoms with E-state index in [1.807, 2.05) is 12.1 Å². The van der Waals surface area contributed by atoms with Crippen LogP contribution >= 0.6 is 0 Å². The molecular formula is C16H12F2N2. The molecule has 20 heavy (non-hydrogen) atoms. The van der Waals surface area contributed by atoms with E-state index in [0.29, 0.717) is 17.7 Å². The first kappa shape index (κ1) is 12.6. The van der Waals surface area contributed by atoms with Crippen LogP contribution in [0.2, 0.25) is 0 Å². The number of nitrogens with zero attached hydrogens (tertiary/aromatic N) is 1. The number of halogens is 2. The summed E-state index contributed by atoms with van der Waals surface area (Å²) in [4.78, 5) is 0. The average molecular weight is 270 g/mol. The quantitative estimate of drug-likeness (QED) is 0.897. The van der Waals surface area contributed by atoms with Crippen LogP contribution in [0.5, 0.6) is 0 Å². The van der Waals surface area contributed by atoms with E-state index in [1.165, 1.54) is 12.1 Å². The van der Waals surface area contributed by atoms with Gasteiger partial charge in [-0.3, -0.25) is 0 Å². The molecule has 0 bridgehead atoms. The zero-order chi connectivity index (χ0) is 14.1. The summed E-state index contributed by atoms with van der Waals surface area (Å²) in [6.45, 7) is 0. The van der Waals surface area contributed by atoms with E-state index in [1.54, 1.807) is 18.2 Å². The molecule has 100 valence electrons. The molecule has 1 atom stereocenters. The maximum atomic E-state index is 13.9. The number of rotatable bonds is 2. The lowest BCUT2D eigenvalue weighted by molar-refractivity contribution is 0.612. The van der Waals surface area contributed by atoms with Crippen molar-refractivity contribution < 1.29 is 8.78 Å². The van der Waals surface area contributed by atoms with Gasteiger partial charge in [-0.1, -0.05) is 12.1 Å². The summed E-state index contributed by atoms with van der Waals surface area (Å²) in [6.07, 6.45) is 1.38. The van der Waals surface area contributed by atoms with Gasteiger partial charge in [0.05, 0.1) is 23.4 Å². The number of hydrogen-bond acceptors (Lipinski definition) is 2. The Balaban J connectivity index is 1.88. The summed E-state index contributed by atoms with van der Waals surface area (Å²) >= 11 is 0. The average Bonchev–Trinajstić information content (AvgIpc) is 2.86. The van der Waals surface area contributed by atoms with E-state index < -0.39 is 5.82 Å². The van der Waals surface area contributed by atoms with E-state index in [-0.39, 0.29) is 17.4 Å². The molecule has 0 aliphatic heterocycles. The summed E-state index contributed by atoms with van der Waals surface area (Å²) < 4.78 is 27.5. The molecule has 1 aliphatic carbocycles. The lowest BCUT2D eigenvalue weighted by Crippen LogP contribution is -2.08. The zero-order valence-electron chi connectivity index (χ0n) is 10.7. The Morgan fingerprint density at radius 2 is 2.00 bits per heavy atom. The fourth-order valence-corrected chi connectivity index (χ4v) is 2.65. The number of fused-ring (bicyclic) bond motifs is 1. The van der Waals surface area contributed by atoms with Gasteiger partial charge in [-0.15, -0.1) is 0 Å². The van der Waals surface area contributed by atoms with Crippen LogP contribution in [0, 0.1) is 23.0 Å². The van der Waals surface area contributed by atoms with Gasteiger partial charge in [0.25, 0.3) is 0 Å². The van der Waals surface area contributed by atoms with Crippen molar-refractivity contribution in [1.82, 2.24) is 0 Å². The van der Waals surface area contributed by atoms with Gasteiger partial charge >= 0.3 is 0 Å². The lowest BCUT2D eigenvalue weighted by atomic mass is 10.1. The Labute approximate surface area is 115 Å². The Bertz CT molecular complexity index is 704. The third-order valence-corrected chi connectivity index (χ3v) is 3.64. The second-order valence-corrected chi connectivity index (χ2v) is 4.85. The van der Waals surface area contributed by atoms with Crippen LogP contribution in [-0.2, 0) is 6.42 Å². The van der Waals surface area contributed by atoms with Crippen molar-refractivity contribution in [1.29, 1.82) is 5.26 Å². The first-order chi connectivity index (χ1) is 9.69. The molecule has 3 rings (SSSR count). The lowest BCUT2D eigenvalue weighted by Gasteiger charge is -2.16. The molecule has 2 nitrogen and oxygen atoms in total. The van der Waals surface area contributed by atoms with E-state index in [4.69, 9.17) is 5.26 Å². The van der Waals surface area contributed by atoms with Crippen molar-refractivity contribution >= 4 is 5.69 Å².